The van der Waals surface area contributed by atoms with Crippen LogP contribution in [-0.2, 0) is 13.2 Å². The lowest BCUT2D eigenvalue weighted by atomic mass is 10.1. The standard InChI is InChI=1S/C23H17F2N3O3S/c24-17-7-6-15(20(25)10-17)11-27-22(29)19-9-16-8-18(32)12-26-21(16)28(23(19)30)31-13-14-4-2-1-3-5-14/h1-10,12,32H,11,13H2,(H,27,29). The predicted octanol–water partition coefficient (Wildman–Crippen LogP) is 3.52. The van der Waals surface area contributed by atoms with Crippen LogP contribution in [0.1, 0.15) is 21.5 Å². The van der Waals surface area contributed by atoms with Gasteiger partial charge in [-0.25, -0.2) is 13.8 Å². The number of carbonyl (C=O) groups is 1. The number of rotatable bonds is 6. The van der Waals surface area contributed by atoms with Crippen molar-refractivity contribution < 1.29 is 18.4 Å². The zero-order valence-electron chi connectivity index (χ0n) is 16.6. The highest BCUT2D eigenvalue weighted by atomic mass is 32.1. The molecule has 0 bridgehead atoms. The van der Waals surface area contributed by atoms with E-state index in [0.29, 0.717) is 10.3 Å². The van der Waals surface area contributed by atoms with Crippen molar-refractivity contribution in [3.63, 3.8) is 0 Å². The average Bonchev–Trinajstić information content (AvgIpc) is 2.78. The summed E-state index contributed by atoms with van der Waals surface area (Å²) in [5, 5.41) is 2.95. The lowest BCUT2D eigenvalue weighted by Crippen LogP contribution is -2.36. The third-order valence-corrected chi connectivity index (χ3v) is 4.93. The predicted molar refractivity (Wildman–Crippen MR) is 118 cm³/mol. The minimum Gasteiger partial charge on any atom is -0.404 e. The fourth-order valence-corrected chi connectivity index (χ4v) is 3.29. The lowest BCUT2D eigenvalue weighted by Gasteiger charge is -2.13. The number of halogens is 2. The fraction of sp³-hybridized carbons (Fsp3) is 0.0870. The van der Waals surface area contributed by atoms with Crippen LogP contribution in [-0.4, -0.2) is 15.6 Å². The second-order valence-corrected chi connectivity index (χ2v) is 7.46. The second kappa shape index (κ2) is 9.19. The summed E-state index contributed by atoms with van der Waals surface area (Å²) in [6.45, 7) is -0.149. The molecule has 162 valence electrons. The van der Waals surface area contributed by atoms with Gasteiger partial charge in [0, 0.05) is 34.7 Å². The third-order valence-electron chi connectivity index (χ3n) is 4.69. The van der Waals surface area contributed by atoms with Gasteiger partial charge >= 0.3 is 0 Å². The summed E-state index contributed by atoms with van der Waals surface area (Å²) in [6.07, 6.45) is 1.46. The van der Waals surface area contributed by atoms with E-state index in [1.165, 1.54) is 18.3 Å². The Labute approximate surface area is 186 Å². The molecule has 4 rings (SSSR count). The maximum atomic E-state index is 13.9. The topological polar surface area (TPSA) is 73.2 Å². The van der Waals surface area contributed by atoms with Gasteiger partial charge in [0.1, 0.15) is 23.8 Å². The molecule has 0 aliphatic heterocycles. The van der Waals surface area contributed by atoms with Crippen LogP contribution in [0.4, 0.5) is 8.78 Å². The van der Waals surface area contributed by atoms with Crippen LogP contribution < -0.4 is 15.7 Å². The Morgan fingerprint density at radius 2 is 1.88 bits per heavy atom. The SMILES string of the molecule is O=C(NCc1ccc(F)cc1F)c1cc2cc(S)cnc2n(OCc2ccccc2)c1=O. The van der Waals surface area contributed by atoms with Gasteiger partial charge in [-0.15, -0.1) is 17.4 Å². The summed E-state index contributed by atoms with van der Waals surface area (Å²) in [5.41, 5.74) is 0.198. The molecule has 1 amide bonds. The summed E-state index contributed by atoms with van der Waals surface area (Å²) in [7, 11) is 0. The molecule has 4 aromatic rings. The van der Waals surface area contributed by atoms with Gasteiger partial charge in [0.05, 0.1) is 0 Å². The molecule has 0 atom stereocenters. The van der Waals surface area contributed by atoms with E-state index in [1.54, 1.807) is 6.07 Å². The molecule has 0 aliphatic carbocycles. The van der Waals surface area contributed by atoms with Crippen molar-refractivity contribution in [1.82, 2.24) is 15.0 Å². The van der Waals surface area contributed by atoms with E-state index >= 15 is 0 Å². The Hall–Kier alpha value is -3.72. The molecule has 9 heteroatoms. The number of hydrogen-bond acceptors (Lipinski definition) is 5. The van der Waals surface area contributed by atoms with E-state index in [-0.39, 0.29) is 29.9 Å². The number of amides is 1. The van der Waals surface area contributed by atoms with Gasteiger partial charge in [0.25, 0.3) is 11.5 Å². The van der Waals surface area contributed by atoms with Gasteiger partial charge in [-0.1, -0.05) is 36.4 Å². The number of benzene rings is 2. The molecule has 0 saturated carbocycles. The van der Waals surface area contributed by atoms with Crippen LogP contribution >= 0.6 is 12.6 Å². The van der Waals surface area contributed by atoms with Crippen LogP contribution in [0.5, 0.6) is 0 Å². The summed E-state index contributed by atoms with van der Waals surface area (Å²) in [6, 6.07) is 15.3. The maximum absolute atomic E-state index is 13.9. The fourth-order valence-electron chi connectivity index (χ4n) is 3.09. The van der Waals surface area contributed by atoms with Crippen molar-refractivity contribution >= 4 is 29.6 Å². The van der Waals surface area contributed by atoms with Crippen molar-refractivity contribution in [1.29, 1.82) is 0 Å². The highest BCUT2D eigenvalue weighted by Gasteiger charge is 2.18. The molecule has 1 N–H and O–H groups in total. The first-order valence-electron chi connectivity index (χ1n) is 9.56. The molecule has 6 nitrogen and oxygen atoms in total. The van der Waals surface area contributed by atoms with Crippen LogP contribution in [0.25, 0.3) is 11.0 Å². The number of aromatic nitrogens is 2. The Kier molecular flexibility index (Phi) is 6.18. The third kappa shape index (κ3) is 4.62. The molecular weight excluding hydrogens is 436 g/mol. The van der Waals surface area contributed by atoms with E-state index in [0.717, 1.165) is 22.4 Å². The molecular formula is C23H17F2N3O3S. The molecule has 0 radical (unpaired) electrons. The van der Waals surface area contributed by atoms with Gasteiger partial charge in [0.2, 0.25) is 0 Å². The zero-order chi connectivity index (χ0) is 22.7. The number of nitrogens with one attached hydrogen (secondary N) is 1. The first-order valence-corrected chi connectivity index (χ1v) is 10.0. The van der Waals surface area contributed by atoms with Crippen LogP contribution in [0.15, 0.2) is 76.6 Å². The number of fused-ring (bicyclic) bond motifs is 1. The van der Waals surface area contributed by atoms with Gasteiger partial charge < -0.3 is 10.2 Å². The molecule has 32 heavy (non-hydrogen) atoms. The normalized spacial score (nSPS) is 10.8. The van der Waals surface area contributed by atoms with Crippen molar-refractivity contribution in [3.05, 3.63) is 106 Å². The van der Waals surface area contributed by atoms with Crippen LogP contribution in [0, 0.1) is 11.6 Å². The second-order valence-electron chi connectivity index (χ2n) is 6.94. The smallest absolute Gasteiger partial charge is 0.297 e. The first-order chi connectivity index (χ1) is 15.4. The van der Waals surface area contributed by atoms with Crippen molar-refractivity contribution in [2.45, 2.75) is 18.0 Å². The van der Waals surface area contributed by atoms with E-state index in [2.05, 4.69) is 22.9 Å². The number of thiol groups is 1. The highest BCUT2D eigenvalue weighted by molar-refractivity contribution is 7.80. The molecule has 0 aliphatic rings. The summed E-state index contributed by atoms with van der Waals surface area (Å²) < 4.78 is 27.9. The molecule has 2 aromatic heterocycles. The van der Waals surface area contributed by atoms with E-state index < -0.39 is 23.1 Å². The van der Waals surface area contributed by atoms with Gasteiger partial charge in [-0.2, -0.15) is 0 Å². The molecule has 2 heterocycles. The van der Waals surface area contributed by atoms with Crippen molar-refractivity contribution in [2.75, 3.05) is 0 Å². The van der Waals surface area contributed by atoms with Crippen LogP contribution in [0.3, 0.4) is 0 Å². The van der Waals surface area contributed by atoms with Crippen molar-refractivity contribution in [2.24, 2.45) is 0 Å². The molecule has 0 saturated heterocycles. The molecule has 0 fully saturated rings. The molecule has 0 spiro atoms. The van der Waals surface area contributed by atoms with Crippen LogP contribution in [0.2, 0.25) is 0 Å². The lowest BCUT2D eigenvalue weighted by molar-refractivity contribution is 0.0896. The minimum absolute atomic E-state index is 0.0754. The molecule has 2 aromatic carbocycles. The number of pyridine rings is 2. The number of nitrogens with zero attached hydrogens (tertiary/aromatic N) is 2. The molecule has 0 unspecified atom stereocenters. The van der Waals surface area contributed by atoms with Gasteiger partial charge in [-0.05, 0) is 23.8 Å². The first kappa shape index (κ1) is 21.5. The van der Waals surface area contributed by atoms with Crippen molar-refractivity contribution in [3.8, 4) is 0 Å². The summed E-state index contributed by atoms with van der Waals surface area (Å²) in [4.78, 5) is 36.2. The number of hydrogen-bond donors (Lipinski definition) is 2. The highest BCUT2D eigenvalue weighted by Crippen LogP contribution is 2.16. The van der Waals surface area contributed by atoms with Gasteiger partial charge in [-0.3, -0.25) is 9.59 Å². The summed E-state index contributed by atoms with van der Waals surface area (Å²) >= 11 is 4.26. The average molecular weight is 453 g/mol. The van der Waals surface area contributed by atoms with E-state index in [9.17, 15) is 18.4 Å². The Morgan fingerprint density at radius 3 is 2.62 bits per heavy atom. The number of carbonyl (C=O) groups excluding carboxylic acids is 1. The Balaban J connectivity index is 1.66. The van der Waals surface area contributed by atoms with E-state index in [1.807, 2.05) is 30.3 Å². The Bertz CT molecular complexity index is 1360. The quantitative estimate of drug-likeness (QED) is 0.438. The Morgan fingerprint density at radius 1 is 1.09 bits per heavy atom. The zero-order valence-corrected chi connectivity index (χ0v) is 17.5. The largest absolute Gasteiger partial charge is 0.404 e. The van der Waals surface area contributed by atoms with E-state index in [4.69, 9.17) is 4.84 Å². The minimum atomic E-state index is -0.795. The van der Waals surface area contributed by atoms with Gasteiger partial charge in [0.15, 0.2) is 5.65 Å². The summed E-state index contributed by atoms with van der Waals surface area (Å²) in [5.74, 6) is -2.25. The monoisotopic (exact) mass is 453 g/mol. The maximum Gasteiger partial charge on any atom is 0.297 e.